The summed E-state index contributed by atoms with van der Waals surface area (Å²) >= 11 is 0. The Hall–Kier alpha value is -2.01. The molecule has 43 heavy (non-hydrogen) atoms. The Morgan fingerprint density at radius 2 is 1.65 bits per heavy atom. The van der Waals surface area contributed by atoms with E-state index in [1.54, 1.807) is 5.19 Å². The Bertz CT molecular complexity index is 1420. The molecule has 237 valence electrons. The molecule has 1 saturated heterocycles. The molecule has 5 rings (SSSR count). The number of benzene rings is 1. The molecule has 6 heteroatoms. The third kappa shape index (κ3) is 7.45. The molecule has 0 saturated carbocycles. The summed E-state index contributed by atoms with van der Waals surface area (Å²) in [5, 5.41) is 12.7. The van der Waals surface area contributed by atoms with Crippen LogP contribution in [0.4, 0.5) is 0 Å². The molecule has 2 aliphatic rings. The normalized spacial score (nSPS) is 15.7. The van der Waals surface area contributed by atoms with Gasteiger partial charge in [-0.25, -0.2) is 0 Å². The number of fused-ring (bicyclic) bond motifs is 4. The Balaban J connectivity index is 0.000000274. The molecule has 2 aliphatic heterocycles. The monoisotopic (exact) mass is 778 g/mol. The molecule has 0 atom stereocenters. The van der Waals surface area contributed by atoms with Crippen molar-refractivity contribution in [2.75, 3.05) is 0 Å². The van der Waals surface area contributed by atoms with Crippen LogP contribution in [-0.4, -0.2) is 28.3 Å². The van der Waals surface area contributed by atoms with E-state index >= 15 is 0 Å². The van der Waals surface area contributed by atoms with Crippen LogP contribution in [-0.2, 0) is 31.3 Å². The molecule has 0 aliphatic carbocycles. The first kappa shape index (κ1) is 35.5. The molecule has 0 amide bonds. The van der Waals surface area contributed by atoms with E-state index in [0.29, 0.717) is 0 Å². The van der Waals surface area contributed by atoms with Gasteiger partial charge in [-0.1, -0.05) is 74.7 Å². The van der Waals surface area contributed by atoms with Crippen molar-refractivity contribution in [1.29, 1.82) is 0 Å². The first-order chi connectivity index (χ1) is 20.0. The summed E-state index contributed by atoms with van der Waals surface area (Å²) in [5.41, 5.74) is 6.91. The van der Waals surface area contributed by atoms with Crippen molar-refractivity contribution in [3.63, 3.8) is 0 Å². The van der Waals surface area contributed by atoms with E-state index in [1.807, 2.05) is 33.9 Å². The van der Waals surface area contributed by atoms with Crippen LogP contribution in [0, 0.1) is 30.2 Å². The fourth-order valence-electron chi connectivity index (χ4n) is 7.26. The topological polar surface area (TPSA) is 55.1 Å². The van der Waals surface area contributed by atoms with Crippen molar-refractivity contribution in [2.24, 2.45) is 17.3 Å². The molecule has 1 spiro atoms. The average Bonchev–Trinajstić information content (AvgIpc) is 3.31. The van der Waals surface area contributed by atoms with Gasteiger partial charge in [-0.15, -0.1) is 34.5 Å². The minimum absolute atomic E-state index is 0. The van der Waals surface area contributed by atoms with Crippen LogP contribution >= 0.6 is 0 Å². The minimum atomic E-state index is -1.81. The number of hydrogen-bond donors (Lipinski definition) is 1. The van der Waals surface area contributed by atoms with Crippen LogP contribution in [0.25, 0.3) is 22.2 Å². The van der Waals surface area contributed by atoms with Crippen molar-refractivity contribution < 1.29 is 30.0 Å². The van der Waals surface area contributed by atoms with E-state index in [1.165, 1.54) is 65.2 Å². The van der Waals surface area contributed by atoms with Crippen LogP contribution < -0.4 is 5.19 Å². The van der Waals surface area contributed by atoms with Crippen LogP contribution in [0.2, 0.25) is 12.1 Å². The Labute approximate surface area is 275 Å². The SMILES string of the molecule is CCC(CC)C(=O)/C=C(\O)C(CC)CC.Cc1[c-]c2c(cc1)[Si]1(CCCCC1)n1c(CC(C)(C)C)cc3ccnc-2c31.[Ir]. The molecule has 3 aromatic rings. The molecule has 2 aromatic heterocycles. The second-order valence-electron chi connectivity index (χ2n) is 13.8. The van der Waals surface area contributed by atoms with E-state index in [2.05, 4.69) is 62.3 Å². The Morgan fingerprint density at radius 3 is 2.23 bits per heavy atom. The van der Waals surface area contributed by atoms with E-state index in [9.17, 15) is 9.90 Å². The van der Waals surface area contributed by atoms with Crippen molar-refractivity contribution in [3.05, 3.63) is 59.6 Å². The van der Waals surface area contributed by atoms with Crippen LogP contribution in [0.1, 0.15) is 105 Å². The van der Waals surface area contributed by atoms with Gasteiger partial charge < -0.3 is 14.3 Å². The number of aromatic nitrogens is 2. The molecule has 4 nitrogen and oxygen atoms in total. The summed E-state index contributed by atoms with van der Waals surface area (Å²) in [6.45, 7) is 17.3. The number of aryl methyl sites for hydroxylation is 1. The van der Waals surface area contributed by atoms with Gasteiger partial charge >= 0.3 is 0 Å². The second kappa shape index (κ2) is 14.8. The molecule has 1 radical (unpaired) electrons. The number of pyridine rings is 1. The van der Waals surface area contributed by atoms with Gasteiger partial charge in [-0.05, 0) is 67.1 Å². The third-order valence-corrected chi connectivity index (χ3v) is 14.7. The number of aliphatic hydroxyl groups excluding tert-OH is 1. The van der Waals surface area contributed by atoms with Gasteiger partial charge in [0, 0.05) is 61.1 Å². The zero-order valence-electron chi connectivity index (χ0n) is 27.8. The first-order valence-electron chi connectivity index (χ1n) is 16.5. The summed E-state index contributed by atoms with van der Waals surface area (Å²) in [6, 6.07) is 15.8. The van der Waals surface area contributed by atoms with E-state index in [4.69, 9.17) is 4.98 Å². The number of aliphatic hydroxyl groups is 1. The number of ketones is 1. The standard InChI is InChI=1S/C24H29N2Si.C13H24O2.Ir/c1-17-8-9-21-20(14-17)22-23-18(10-11-25-22)15-19(16-24(2,3)4)26(23)27(21)12-6-5-7-13-27;1-5-10(6-2)12(14)9-13(15)11(7-3)8-4;/h8-11,15H,5-7,12-13,16H2,1-4H3;9-11,14H,5-8H2,1-4H3;/q-1;;/b;12-9-;. The first-order valence-corrected chi connectivity index (χ1v) is 18.8. The third-order valence-electron chi connectivity index (χ3n) is 9.52. The fourth-order valence-corrected chi connectivity index (χ4v) is 12.8. The molecule has 1 aromatic carbocycles. The molecular weight excluding hydrogens is 725 g/mol. The van der Waals surface area contributed by atoms with Crippen molar-refractivity contribution >= 4 is 30.1 Å². The number of rotatable bonds is 8. The smallest absolute Gasteiger partial charge is 0.162 e. The van der Waals surface area contributed by atoms with Crippen LogP contribution in [0.15, 0.2) is 42.3 Å². The maximum absolute atomic E-state index is 11.7. The van der Waals surface area contributed by atoms with Crippen LogP contribution in [0.3, 0.4) is 0 Å². The summed E-state index contributed by atoms with van der Waals surface area (Å²) in [5.74, 6) is 0.547. The maximum Gasteiger partial charge on any atom is 0.162 e. The molecule has 0 bridgehead atoms. The predicted octanol–water partition coefficient (Wildman–Crippen LogP) is 9.47. The van der Waals surface area contributed by atoms with Gasteiger partial charge in [0.2, 0.25) is 0 Å². The van der Waals surface area contributed by atoms with Crippen LogP contribution in [0.5, 0.6) is 0 Å². The minimum Gasteiger partial charge on any atom is -0.512 e. The van der Waals surface area contributed by atoms with Crippen molar-refractivity contribution in [3.8, 4) is 11.3 Å². The number of hydrogen-bond acceptors (Lipinski definition) is 3. The maximum atomic E-state index is 11.7. The van der Waals surface area contributed by atoms with Crippen molar-refractivity contribution in [1.82, 2.24) is 9.22 Å². The number of nitrogens with zero attached hydrogens (tertiary/aromatic N) is 2. The second-order valence-corrected chi connectivity index (χ2v) is 17.9. The number of carbonyl (C=O) groups is 1. The van der Waals surface area contributed by atoms with Gasteiger partial charge in [0.25, 0.3) is 0 Å². The molecule has 0 unspecified atom stereocenters. The summed E-state index contributed by atoms with van der Waals surface area (Å²) < 4.78 is 2.85. The summed E-state index contributed by atoms with van der Waals surface area (Å²) in [4.78, 5) is 16.6. The molecule has 4 heterocycles. The molecule has 1 N–H and O–H groups in total. The largest absolute Gasteiger partial charge is 0.512 e. The summed E-state index contributed by atoms with van der Waals surface area (Å²) in [7, 11) is -1.81. The van der Waals surface area contributed by atoms with E-state index in [-0.39, 0.29) is 48.9 Å². The number of allylic oxidation sites excluding steroid dienone is 2. The zero-order valence-corrected chi connectivity index (χ0v) is 31.2. The van der Waals surface area contributed by atoms with Gasteiger partial charge in [0.05, 0.1) is 5.76 Å². The van der Waals surface area contributed by atoms with Gasteiger partial charge in [-0.2, -0.15) is 0 Å². The van der Waals surface area contributed by atoms with Gasteiger partial charge in [0.15, 0.2) is 5.78 Å². The van der Waals surface area contributed by atoms with E-state index in [0.717, 1.165) is 37.8 Å². The van der Waals surface area contributed by atoms with Crippen molar-refractivity contribution in [2.45, 2.75) is 119 Å². The molecular formula is C37H53IrN2O2Si-. The Kier molecular flexibility index (Phi) is 12.2. The zero-order chi connectivity index (χ0) is 30.7. The van der Waals surface area contributed by atoms with E-state index < -0.39 is 8.24 Å². The molecule has 1 fully saturated rings. The average molecular weight is 778 g/mol. The summed E-state index contributed by atoms with van der Waals surface area (Å²) in [6.07, 6.45) is 12.1. The predicted molar refractivity (Wildman–Crippen MR) is 180 cm³/mol. The number of carbonyl (C=O) groups excluding carboxylic acids is 1. The fraction of sp³-hybridized carbons (Fsp3) is 0.568. The van der Waals surface area contributed by atoms with Gasteiger partial charge in [0.1, 0.15) is 8.24 Å². The van der Waals surface area contributed by atoms with Gasteiger partial charge in [-0.3, -0.25) is 4.79 Å². The quantitative estimate of drug-likeness (QED) is 0.107. The Morgan fingerprint density at radius 1 is 1.02 bits per heavy atom.